The van der Waals surface area contributed by atoms with Crippen LogP contribution >= 0.6 is 23.2 Å². The Morgan fingerprint density at radius 2 is 2.00 bits per heavy atom. The minimum atomic E-state index is -0.368. The fourth-order valence-corrected chi connectivity index (χ4v) is 1.89. The molecule has 2 aromatic rings. The second-order valence-corrected chi connectivity index (χ2v) is 4.92. The molecule has 0 heterocycles. The van der Waals surface area contributed by atoms with Crippen molar-refractivity contribution in [3.05, 3.63) is 63.6 Å². The second kappa shape index (κ2) is 7.11. The van der Waals surface area contributed by atoms with Gasteiger partial charge in [0.15, 0.2) is 0 Å². The Morgan fingerprint density at radius 3 is 2.71 bits per heavy atom. The first-order valence-electron chi connectivity index (χ1n) is 6.02. The monoisotopic (exact) mass is 322 g/mol. The van der Waals surface area contributed by atoms with E-state index in [1.54, 1.807) is 25.3 Å². The minimum Gasteiger partial charge on any atom is -0.497 e. The van der Waals surface area contributed by atoms with Crippen LogP contribution in [0.25, 0.3) is 0 Å². The highest BCUT2D eigenvalue weighted by molar-refractivity contribution is 6.42. The summed E-state index contributed by atoms with van der Waals surface area (Å²) in [5.74, 6) is 0.350. The van der Waals surface area contributed by atoms with E-state index in [9.17, 15) is 4.79 Å². The Kier molecular flexibility index (Phi) is 5.20. The molecule has 0 saturated carbocycles. The van der Waals surface area contributed by atoms with E-state index >= 15 is 0 Å². The number of nitrogens with one attached hydrogen (secondary N) is 1. The number of hydrogen-bond acceptors (Lipinski definition) is 3. The van der Waals surface area contributed by atoms with Crippen LogP contribution in [0.5, 0.6) is 5.75 Å². The average molecular weight is 323 g/mol. The van der Waals surface area contributed by atoms with Gasteiger partial charge in [-0.05, 0) is 35.9 Å². The molecule has 0 unspecified atom stereocenters. The van der Waals surface area contributed by atoms with Crippen LogP contribution in [0.2, 0.25) is 10.0 Å². The molecule has 2 rings (SSSR count). The number of hydrazone groups is 1. The Labute approximate surface area is 132 Å². The molecule has 1 amide bonds. The number of carbonyl (C=O) groups is 1. The fraction of sp³-hybridized carbons (Fsp3) is 0.0667. The maximum absolute atomic E-state index is 11.9. The van der Waals surface area contributed by atoms with Crippen molar-refractivity contribution in [2.45, 2.75) is 0 Å². The van der Waals surface area contributed by atoms with Gasteiger partial charge in [0.1, 0.15) is 5.75 Å². The van der Waals surface area contributed by atoms with Gasteiger partial charge in [0.2, 0.25) is 0 Å². The summed E-state index contributed by atoms with van der Waals surface area (Å²) in [6.07, 6.45) is 1.53. The lowest BCUT2D eigenvalue weighted by atomic mass is 10.2. The summed E-state index contributed by atoms with van der Waals surface area (Å²) < 4.78 is 5.10. The van der Waals surface area contributed by atoms with Crippen molar-refractivity contribution < 1.29 is 9.53 Å². The van der Waals surface area contributed by atoms with Crippen LogP contribution < -0.4 is 10.2 Å². The topological polar surface area (TPSA) is 50.7 Å². The number of amides is 1. The summed E-state index contributed by atoms with van der Waals surface area (Å²) in [5.41, 5.74) is 3.61. The molecule has 1 N–H and O–H groups in total. The van der Waals surface area contributed by atoms with Gasteiger partial charge in [-0.15, -0.1) is 0 Å². The predicted molar refractivity (Wildman–Crippen MR) is 84.5 cm³/mol. The summed E-state index contributed by atoms with van der Waals surface area (Å²) in [4.78, 5) is 11.9. The lowest BCUT2D eigenvalue weighted by Crippen LogP contribution is -2.17. The fourth-order valence-electron chi connectivity index (χ4n) is 1.59. The number of rotatable bonds is 4. The maximum atomic E-state index is 11.9. The lowest BCUT2D eigenvalue weighted by Gasteiger charge is -2.02. The first-order chi connectivity index (χ1) is 10.1. The van der Waals surface area contributed by atoms with Crippen LogP contribution in [0.15, 0.2) is 47.6 Å². The van der Waals surface area contributed by atoms with Crippen molar-refractivity contribution in [3.63, 3.8) is 0 Å². The zero-order valence-electron chi connectivity index (χ0n) is 11.1. The number of carbonyl (C=O) groups excluding carboxylic acids is 1. The van der Waals surface area contributed by atoms with Crippen molar-refractivity contribution >= 4 is 35.3 Å². The summed E-state index contributed by atoms with van der Waals surface area (Å²) >= 11 is 11.7. The molecule has 0 radical (unpaired) electrons. The largest absolute Gasteiger partial charge is 0.497 e. The molecular formula is C15H12Cl2N2O2. The average Bonchev–Trinajstić information content (AvgIpc) is 2.50. The van der Waals surface area contributed by atoms with E-state index < -0.39 is 0 Å². The number of methoxy groups -OCH3 is 1. The summed E-state index contributed by atoms with van der Waals surface area (Å²) in [6.45, 7) is 0. The van der Waals surface area contributed by atoms with Crippen LogP contribution in [0.1, 0.15) is 15.9 Å². The number of halogens is 2. The molecule has 2 aromatic carbocycles. The molecule has 0 aromatic heterocycles. The molecule has 0 saturated heterocycles. The lowest BCUT2D eigenvalue weighted by molar-refractivity contribution is 0.0955. The first kappa shape index (κ1) is 15.4. The molecule has 0 bridgehead atoms. The van der Waals surface area contributed by atoms with Gasteiger partial charge in [-0.3, -0.25) is 4.79 Å². The van der Waals surface area contributed by atoms with E-state index in [2.05, 4.69) is 10.5 Å². The van der Waals surface area contributed by atoms with Crippen molar-refractivity contribution in [1.29, 1.82) is 0 Å². The second-order valence-electron chi connectivity index (χ2n) is 4.10. The van der Waals surface area contributed by atoms with Gasteiger partial charge >= 0.3 is 0 Å². The van der Waals surface area contributed by atoms with Crippen LogP contribution in [0.4, 0.5) is 0 Å². The summed E-state index contributed by atoms with van der Waals surface area (Å²) in [7, 11) is 1.59. The van der Waals surface area contributed by atoms with Gasteiger partial charge in [-0.2, -0.15) is 5.10 Å². The third-order valence-corrected chi connectivity index (χ3v) is 3.39. The maximum Gasteiger partial charge on any atom is 0.271 e. The first-order valence-corrected chi connectivity index (χ1v) is 6.78. The number of ether oxygens (including phenoxy) is 1. The highest BCUT2D eigenvalue weighted by atomic mass is 35.5. The van der Waals surface area contributed by atoms with E-state index in [-0.39, 0.29) is 5.91 Å². The van der Waals surface area contributed by atoms with Crippen LogP contribution in [0.3, 0.4) is 0 Å². The van der Waals surface area contributed by atoms with Crippen molar-refractivity contribution in [2.24, 2.45) is 5.10 Å². The predicted octanol–water partition coefficient (Wildman–Crippen LogP) is 3.77. The van der Waals surface area contributed by atoms with Gasteiger partial charge in [0.25, 0.3) is 5.91 Å². The molecule has 21 heavy (non-hydrogen) atoms. The van der Waals surface area contributed by atoms with Crippen LogP contribution in [-0.2, 0) is 0 Å². The van der Waals surface area contributed by atoms with E-state index in [4.69, 9.17) is 27.9 Å². The zero-order chi connectivity index (χ0) is 15.2. The Morgan fingerprint density at radius 1 is 1.19 bits per heavy atom. The minimum absolute atomic E-state index is 0.320. The Hall–Kier alpha value is -2.04. The van der Waals surface area contributed by atoms with E-state index in [1.165, 1.54) is 12.3 Å². The number of nitrogens with zero attached hydrogens (tertiary/aromatic N) is 1. The van der Waals surface area contributed by atoms with Gasteiger partial charge in [0, 0.05) is 5.56 Å². The van der Waals surface area contributed by atoms with Gasteiger partial charge in [-0.1, -0.05) is 35.3 Å². The molecule has 0 aliphatic carbocycles. The van der Waals surface area contributed by atoms with Crippen LogP contribution in [0, 0.1) is 0 Å². The molecular weight excluding hydrogens is 311 g/mol. The summed E-state index contributed by atoms with van der Waals surface area (Å²) in [5, 5.41) is 4.61. The van der Waals surface area contributed by atoms with Crippen molar-refractivity contribution in [1.82, 2.24) is 5.43 Å². The zero-order valence-corrected chi connectivity index (χ0v) is 12.7. The van der Waals surface area contributed by atoms with Crippen molar-refractivity contribution in [3.8, 4) is 5.75 Å². The molecule has 4 nitrogen and oxygen atoms in total. The molecule has 0 aliphatic rings. The number of hydrogen-bond donors (Lipinski definition) is 1. The highest BCUT2D eigenvalue weighted by Gasteiger charge is 2.06. The molecule has 0 aliphatic heterocycles. The Bertz CT molecular complexity index is 687. The summed E-state index contributed by atoms with van der Waals surface area (Å²) in [6, 6.07) is 11.9. The quantitative estimate of drug-likeness (QED) is 0.688. The smallest absolute Gasteiger partial charge is 0.271 e. The van der Waals surface area contributed by atoms with E-state index in [1.807, 2.05) is 18.2 Å². The number of benzene rings is 2. The van der Waals surface area contributed by atoms with Gasteiger partial charge < -0.3 is 4.74 Å². The molecule has 0 fully saturated rings. The normalized spacial score (nSPS) is 10.6. The van der Waals surface area contributed by atoms with E-state index in [0.29, 0.717) is 15.6 Å². The van der Waals surface area contributed by atoms with E-state index in [0.717, 1.165) is 11.3 Å². The SMILES string of the molecule is COc1cccc(C=NNC(=O)c2ccc(Cl)c(Cl)c2)c1. The van der Waals surface area contributed by atoms with Gasteiger partial charge in [0.05, 0.1) is 23.4 Å². The van der Waals surface area contributed by atoms with Crippen molar-refractivity contribution in [2.75, 3.05) is 7.11 Å². The third kappa shape index (κ3) is 4.21. The highest BCUT2D eigenvalue weighted by Crippen LogP contribution is 2.22. The molecule has 0 spiro atoms. The molecule has 0 atom stereocenters. The van der Waals surface area contributed by atoms with Gasteiger partial charge in [-0.25, -0.2) is 5.43 Å². The standard InChI is InChI=1S/C15H12Cl2N2O2/c1-21-12-4-2-3-10(7-12)9-18-19-15(20)11-5-6-13(16)14(17)8-11/h2-9H,1H3,(H,19,20). The molecule has 108 valence electrons. The van der Waals surface area contributed by atoms with Crippen LogP contribution in [-0.4, -0.2) is 19.2 Å². The third-order valence-electron chi connectivity index (χ3n) is 2.66. The Balaban J connectivity index is 2.02. The molecule has 6 heteroatoms.